The smallest absolute Gasteiger partial charge is 0.256 e. The number of aryl methyl sites for hydroxylation is 2. The third-order valence-corrected chi connectivity index (χ3v) is 3.20. The van der Waals surface area contributed by atoms with Gasteiger partial charge in [-0.05, 0) is 53.9 Å². The van der Waals surface area contributed by atoms with E-state index in [9.17, 15) is 10.0 Å². The Kier molecular flexibility index (Phi) is 3.74. The molecule has 0 fully saturated rings. The molecule has 0 saturated heterocycles. The van der Waals surface area contributed by atoms with Crippen molar-refractivity contribution in [2.45, 2.75) is 20.3 Å². The van der Waals surface area contributed by atoms with E-state index in [0.29, 0.717) is 5.06 Å². The lowest BCUT2D eigenvalue weighted by atomic mass is 10.2. The summed E-state index contributed by atoms with van der Waals surface area (Å²) in [5.41, 5.74) is 2.63. The molecule has 0 aliphatic carbocycles. The summed E-state index contributed by atoms with van der Waals surface area (Å²) in [5, 5.41) is 14.3. The molecule has 1 N–H and O–H groups in total. The monoisotopic (exact) mass is 262 g/mol. The van der Waals surface area contributed by atoms with Crippen LogP contribution in [0, 0.1) is 13.8 Å². The number of carbonyl (C=O) groups excluding carboxylic acids is 1. The Morgan fingerprint density at radius 1 is 1.44 bits per heavy atom. The number of thiophene rings is 1. The third-order valence-electron chi connectivity index (χ3n) is 2.47. The molecule has 0 spiro atoms. The fourth-order valence-corrected chi connectivity index (χ4v) is 2.37. The lowest BCUT2D eigenvalue weighted by molar-refractivity contribution is -0.123. The quantitative estimate of drug-likeness (QED) is 0.683. The van der Waals surface area contributed by atoms with Gasteiger partial charge in [0.15, 0.2) is 5.82 Å². The van der Waals surface area contributed by atoms with Gasteiger partial charge in [0.1, 0.15) is 0 Å². The first kappa shape index (κ1) is 12.7. The van der Waals surface area contributed by atoms with Gasteiger partial charge in [0.2, 0.25) is 0 Å². The lowest BCUT2D eigenvalue weighted by Gasteiger charge is -2.14. The number of hydrogen-bond donors (Lipinski definition) is 1. The molecular weight excluding hydrogens is 248 g/mol. The van der Waals surface area contributed by atoms with Gasteiger partial charge in [-0.2, -0.15) is 16.4 Å². The predicted molar refractivity (Wildman–Crippen MR) is 71.0 cm³/mol. The maximum atomic E-state index is 11.9. The Labute approximate surface area is 109 Å². The average molecular weight is 262 g/mol. The van der Waals surface area contributed by atoms with Gasteiger partial charge in [0, 0.05) is 5.69 Å². The van der Waals surface area contributed by atoms with Crippen LogP contribution in [0.5, 0.6) is 0 Å². The minimum atomic E-state index is -0.383. The molecule has 5 heteroatoms. The number of anilines is 1. The minimum absolute atomic E-state index is 0.175. The number of amides is 1. The van der Waals surface area contributed by atoms with Crippen LogP contribution in [0.25, 0.3) is 0 Å². The Morgan fingerprint density at radius 2 is 2.22 bits per heavy atom. The van der Waals surface area contributed by atoms with E-state index in [0.717, 1.165) is 16.8 Å². The van der Waals surface area contributed by atoms with Gasteiger partial charge in [0.05, 0.1) is 6.42 Å². The van der Waals surface area contributed by atoms with E-state index in [-0.39, 0.29) is 18.1 Å². The Morgan fingerprint density at radius 3 is 2.83 bits per heavy atom. The van der Waals surface area contributed by atoms with E-state index >= 15 is 0 Å². The molecule has 2 aromatic rings. The molecule has 0 saturated carbocycles. The molecule has 0 aliphatic heterocycles. The molecule has 0 radical (unpaired) electrons. The number of rotatable bonds is 3. The standard InChI is InChI=1S/C13H14N2O2S/c1-9-5-10(2)14-12(6-9)15(17)13(16)7-11-3-4-18-8-11/h3-6,8,17H,7H2,1-2H3. The minimum Gasteiger partial charge on any atom is -0.280 e. The molecular formula is C13H14N2O2S. The number of hydroxylamine groups is 1. The van der Waals surface area contributed by atoms with Crippen LogP contribution in [0.4, 0.5) is 5.82 Å². The van der Waals surface area contributed by atoms with Gasteiger partial charge in [-0.1, -0.05) is 0 Å². The molecule has 0 bridgehead atoms. The van der Waals surface area contributed by atoms with E-state index in [1.54, 1.807) is 6.07 Å². The zero-order valence-corrected chi connectivity index (χ0v) is 11.1. The Hall–Kier alpha value is -1.72. The molecule has 2 heterocycles. The molecule has 18 heavy (non-hydrogen) atoms. The summed E-state index contributed by atoms with van der Waals surface area (Å²) in [6.07, 6.45) is 0.175. The molecule has 1 amide bonds. The van der Waals surface area contributed by atoms with Crippen molar-refractivity contribution >= 4 is 23.1 Å². The SMILES string of the molecule is Cc1cc(C)nc(N(O)C(=O)Cc2ccsc2)c1. The zero-order valence-electron chi connectivity index (χ0n) is 10.3. The van der Waals surface area contributed by atoms with Crippen LogP contribution < -0.4 is 5.06 Å². The fourth-order valence-electron chi connectivity index (χ4n) is 1.70. The molecule has 2 aromatic heterocycles. The van der Waals surface area contributed by atoms with E-state index < -0.39 is 0 Å². The van der Waals surface area contributed by atoms with Gasteiger partial charge in [-0.25, -0.2) is 4.98 Å². The van der Waals surface area contributed by atoms with Crippen LogP contribution in [-0.4, -0.2) is 16.1 Å². The molecule has 0 aromatic carbocycles. The van der Waals surface area contributed by atoms with Crippen molar-refractivity contribution in [1.82, 2.24) is 4.98 Å². The second-order valence-electron chi connectivity index (χ2n) is 4.16. The van der Waals surface area contributed by atoms with E-state index in [2.05, 4.69) is 4.98 Å². The fraction of sp³-hybridized carbons (Fsp3) is 0.231. The van der Waals surface area contributed by atoms with Crippen molar-refractivity contribution in [1.29, 1.82) is 0 Å². The van der Waals surface area contributed by atoms with Gasteiger partial charge >= 0.3 is 0 Å². The second kappa shape index (κ2) is 5.29. The second-order valence-corrected chi connectivity index (χ2v) is 4.94. The van der Waals surface area contributed by atoms with Crippen molar-refractivity contribution < 1.29 is 10.0 Å². The Bertz CT molecular complexity index is 532. The molecule has 4 nitrogen and oxygen atoms in total. The molecule has 0 aliphatic rings. The molecule has 0 unspecified atom stereocenters. The van der Waals surface area contributed by atoms with Crippen molar-refractivity contribution in [3.8, 4) is 0 Å². The van der Waals surface area contributed by atoms with Crippen LogP contribution in [0.2, 0.25) is 0 Å². The largest absolute Gasteiger partial charge is 0.280 e. The first-order valence-corrected chi connectivity index (χ1v) is 6.49. The summed E-state index contributed by atoms with van der Waals surface area (Å²) in [7, 11) is 0. The molecule has 0 atom stereocenters. The van der Waals surface area contributed by atoms with Crippen molar-refractivity contribution in [3.63, 3.8) is 0 Å². The maximum absolute atomic E-state index is 11.9. The summed E-state index contributed by atoms with van der Waals surface area (Å²) < 4.78 is 0. The topological polar surface area (TPSA) is 53.4 Å². The van der Waals surface area contributed by atoms with Crippen molar-refractivity contribution in [2.24, 2.45) is 0 Å². The number of pyridine rings is 1. The van der Waals surface area contributed by atoms with Crippen LogP contribution in [0.15, 0.2) is 29.0 Å². The average Bonchev–Trinajstić information content (AvgIpc) is 2.79. The number of hydrogen-bond acceptors (Lipinski definition) is 4. The number of carbonyl (C=O) groups is 1. The van der Waals surface area contributed by atoms with E-state index in [4.69, 9.17) is 0 Å². The highest BCUT2D eigenvalue weighted by Gasteiger charge is 2.15. The highest BCUT2D eigenvalue weighted by molar-refractivity contribution is 7.08. The number of nitrogens with zero attached hydrogens (tertiary/aromatic N) is 2. The van der Waals surface area contributed by atoms with Crippen LogP contribution >= 0.6 is 11.3 Å². The van der Waals surface area contributed by atoms with Gasteiger partial charge in [-0.15, -0.1) is 0 Å². The highest BCUT2D eigenvalue weighted by Crippen LogP contribution is 2.15. The van der Waals surface area contributed by atoms with Crippen molar-refractivity contribution in [3.05, 3.63) is 45.8 Å². The maximum Gasteiger partial charge on any atom is 0.256 e. The highest BCUT2D eigenvalue weighted by atomic mass is 32.1. The van der Waals surface area contributed by atoms with Gasteiger partial charge in [-0.3, -0.25) is 10.0 Å². The summed E-state index contributed by atoms with van der Waals surface area (Å²) in [4.78, 5) is 16.0. The summed E-state index contributed by atoms with van der Waals surface area (Å²) >= 11 is 1.53. The van der Waals surface area contributed by atoms with E-state index in [1.165, 1.54) is 11.3 Å². The summed E-state index contributed by atoms with van der Waals surface area (Å²) in [5.74, 6) is -0.112. The van der Waals surface area contributed by atoms with Gasteiger partial charge < -0.3 is 0 Å². The predicted octanol–water partition coefficient (Wildman–Crippen LogP) is 2.72. The molecule has 94 valence electrons. The Balaban J connectivity index is 2.15. The van der Waals surface area contributed by atoms with Crippen LogP contribution in [0.3, 0.4) is 0 Å². The zero-order chi connectivity index (χ0) is 13.1. The van der Waals surface area contributed by atoms with Crippen molar-refractivity contribution in [2.75, 3.05) is 5.06 Å². The lowest BCUT2D eigenvalue weighted by Crippen LogP contribution is -2.29. The van der Waals surface area contributed by atoms with Crippen LogP contribution in [0.1, 0.15) is 16.8 Å². The summed E-state index contributed by atoms with van der Waals surface area (Å²) in [6.45, 7) is 3.73. The van der Waals surface area contributed by atoms with E-state index in [1.807, 2.05) is 36.7 Å². The normalized spacial score (nSPS) is 10.4. The summed E-state index contributed by atoms with van der Waals surface area (Å²) in [6, 6.07) is 5.44. The van der Waals surface area contributed by atoms with Gasteiger partial charge in [0.25, 0.3) is 5.91 Å². The first-order chi connectivity index (χ1) is 8.56. The molecule has 2 rings (SSSR count). The first-order valence-electron chi connectivity index (χ1n) is 5.54. The third kappa shape index (κ3) is 2.94. The van der Waals surface area contributed by atoms with Crippen LogP contribution in [-0.2, 0) is 11.2 Å². The number of aromatic nitrogens is 1.